The molecule has 0 saturated carbocycles. The van der Waals surface area contributed by atoms with Crippen LogP contribution in [0.5, 0.6) is 0 Å². The summed E-state index contributed by atoms with van der Waals surface area (Å²) in [7, 11) is 0. The van der Waals surface area contributed by atoms with Crippen LogP contribution < -0.4 is 0 Å². The van der Waals surface area contributed by atoms with Gasteiger partial charge in [0, 0.05) is 5.92 Å². The first-order valence-corrected chi connectivity index (χ1v) is 7.38. The first-order valence-electron chi connectivity index (χ1n) is 7.38. The average molecular weight is 258 g/mol. The summed E-state index contributed by atoms with van der Waals surface area (Å²) < 4.78 is 0. The molecule has 0 aliphatic heterocycles. The van der Waals surface area contributed by atoms with Crippen LogP contribution in [0.25, 0.3) is 11.6 Å². The molecule has 0 saturated heterocycles. The minimum Gasteiger partial charge on any atom is -0.0766 e. The summed E-state index contributed by atoms with van der Waals surface area (Å²) in [5.74, 6) is 0.540. The highest BCUT2D eigenvalue weighted by Crippen LogP contribution is 2.36. The van der Waals surface area contributed by atoms with E-state index in [0.717, 1.165) is 12.8 Å². The molecule has 0 fully saturated rings. The maximum Gasteiger partial charge on any atom is 0.00677 e. The summed E-state index contributed by atoms with van der Waals surface area (Å²) in [6.07, 6.45) is 9.21. The number of rotatable bonds is 2. The van der Waals surface area contributed by atoms with Gasteiger partial charge in [-0.3, -0.25) is 0 Å². The zero-order chi connectivity index (χ0) is 13.5. The van der Waals surface area contributed by atoms with Crippen LogP contribution >= 0.6 is 0 Å². The van der Waals surface area contributed by atoms with Crippen LogP contribution in [0.2, 0.25) is 0 Å². The van der Waals surface area contributed by atoms with Gasteiger partial charge in [-0.25, -0.2) is 0 Å². The minimum absolute atomic E-state index is 0.540. The molecule has 0 aromatic heterocycles. The number of hydrogen-bond acceptors (Lipinski definition) is 0. The van der Waals surface area contributed by atoms with Crippen LogP contribution in [0.4, 0.5) is 0 Å². The summed E-state index contributed by atoms with van der Waals surface area (Å²) in [6.45, 7) is 2.22. The fourth-order valence-electron chi connectivity index (χ4n) is 3.54. The smallest absolute Gasteiger partial charge is 0.00677 e. The van der Waals surface area contributed by atoms with E-state index in [1.54, 1.807) is 5.56 Å². The molecule has 2 aliphatic rings. The molecular weight excluding hydrogens is 240 g/mol. The average Bonchev–Trinajstić information content (AvgIpc) is 3.05. The van der Waals surface area contributed by atoms with Crippen molar-refractivity contribution in [2.45, 2.75) is 25.7 Å². The Morgan fingerprint density at radius 3 is 2.90 bits per heavy atom. The summed E-state index contributed by atoms with van der Waals surface area (Å²) in [4.78, 5) is 0. The maximum absolute atomic E-state index is 2.36. The molecule has 0 heteroatoms. The highest BCUT2D eigenvalue weighted by Gasteiger charge is 2.20. The van der Waals surface area contributed by atoms with Gasteiger partial charge in [-0.05, 0) is 53.2 Å². The van der Waals surface area contributed by atoms with Gasteiger partial charge in [0.1, 0.15) is 0 Å². The van der Waals surface area contributed by atoms with Crippen molar-refractivity contribution >= 4 is 11.6 Å². The molecule has 1 atom stereocenters. The molecule has 2 aromatic rings. The van der Waals surface area contributed by atoms with Gasteiger partial charge in [0.25, 0.3) is 0 Å². The fourth-order valence-corrected chi connectivity index (χ4v) is 3.54. The zero-order valence-electron chi connectivity index (χ0n) is 11.8. The first kappa shape index (κ1) is 11.7. The molecule has 0 radical (unpaired) electrons. The van der Waals surface area contributed by atoms with Crippen LogP contribution in [0.15, 0.2) is 54.6 Å². The fraction of sp³-hybridized carbons (Fsp3) is 0.200. The van der Waals surface area contributed by atoms with Crippen LogP contribution in [-0.4, -0.2) is 0 Å². The molecule has 0 heterocycles. The van der Waals surface area contributed by atoms with Crippen molar-refractivity contribution in [2.75, 3.05) is 0 Å². The van der Waals surface area contributed by atoms with Crippen molar-refractivity contribution in [3.8, 4) is 0 Å². The largest absolute Gasteiger partial charge is 0.0766 e. The normalized spacial score (nSPS) is 18.9. The lowest BCUT2D eigenvalue weighted by Gasteiger charge is -2.14. The third-order valence-corrected chi connectivity index (χ3v) is 4.65. The third kappa shape index (κ3) is 1.76. The Morgan fingerprint density at radius 2 is 1.95 bits per heavy atom. The Kier molecular flexibility index (Phi) is 2.63. The molecule has 0 bridgehead atoms. The molecule has 98 valence electrons. The third-order valence-electron chi connectivity index (χ3n) is 4.65. The summed E-state index contributed by atoms with van der Waals surface area (Å²) >= 11 is 0. The Bertz CT molecular complexity index is 731. The molecule has 20 heavy (non-hydrogen) atoms. The predicted octanol–water partition coefficient (Wildman–Crippen LogP) is 5.00. The number of benzene rings is 2. The van der Waals surface area contributed by atoms with E-state index in [-0.39, 0.29) is 0 Å². The van der Waals surface area contributed by atoms with Crippen molar-refractivity contribution in [2.24, 2.45) is 0 Å². The van der Waals surface area contributed by atoms with Crippen LogP contribution in [0.1, 0.15) is 40.7 Å². The molecule has 2 aromatic carbocycles. The highest BCUT2D eigenvalue weighted by atomic mass is 14.2. The topological polar surface area (TPSA) is 0 Å². The summed E-state index contributed by atoms with van der Waals surface area (Å²) in [5, 5.41) is 0. The van der Waals surface area contributed by atoms with Crippen LogP contribution in [0.3, 0.4) is 0 Å². The van der Waals surface area contributed by atoms with E-state index >= 15 is 0 Å². The first-order chi connectivity index (χ1) is 9.83. The summed E-state index contributed by atoms with van der Waals surface area (Å²) in [5.41, 5.74) is 8.82. The van der Waals surface area contributed by atoms with Gasteiger partial charge in [-0.15, -0.1) is 0 Å². The van der Waals surface area contributed by atoms with Gasteiger partial charge in [0.05, 0.1) is 0 Å². The van der Waals surface area contributed by atoms with Crippen molar-refractivity contribution < 1.29 is 0 Å². The second-order valence-electron chi connectivity index (χ2n) is 5.83. The number of hydrogen-bond donors (Lipinski definition) is 0. The van der Waals surface area contributed by atoms with E-state index in [2.05, 4.69) is 67.6 Å². The maximum atomic E-state index is 2.36. The van der Waals surface area contributed by atoms with Gasteiger partial charge in [0.2, 0.25) is 0 Å². The lowest BCUT2D eigenvalue weighted by molar-refractivity contribution is 0.841. The van der Waals surface area contributed by atoms with Crippen LogP contribution in [0, 0.1) is 0 Å². The van der Waals surface area contributed by atoms with Gasteiger partial charge >= 0.3 is 0 Å². The molecule has 1 unspecified atom stereocenters. The Morgan fingerprint density at radius 1 is 1.05 bits per heavy atom. The van der Waals surface area contributed by atoms with Gasteiger partial charge in [-0.2, -0.15) is 0 Å². The number of allylic oxidation sites excluding steroid dienone is 3. The second kappa shape index (κ2) is 4.49. The van der Waals surface area contributed by atoms with E-state index in [9.17, 15) is 0 Å². The van der Waals surface area contributed by atoms with Crippen molar-refractivity contribution in [1.29, 1.82) is 0 Å². The Hall–Kier alpha value is -2.08. The van der Waals surface area contributed by atoms with E-state index in [4.69, 9.17) is 0 Å². The second-order valence-corrected chi connectivity index (χ2v) is 5.83. The van der Waals surface area contributed by atoms with Crippen molar-refractivity contribution in [3.05, 3.63) is 82.4 Å². The molecule has 2 aliphatic carbocycles. The van der Waals surface area contributed by atoms with Gasteiger partial charge in [0.15, 0.2) is 0 Å². The summed E-state index contributed by atoms with van der Waals surface area (Å²) in [6, 6.07) is 15.5. The van der Waals surface area contributed by atoms with Gasteiger partial charge in [-0.1, -0.05) is 60.7 Å². The minimum atomic E-state index is 0.540. The van der Waals surface area contributed by atoms with E-state index < -0.39 is 0 Å². The van der Waals surface area contributed by atoms with Crippen LogP contribution in [-0.2, 0) is 12.8 Å². The molecular formula is C20H18. The zero-order valence-corrected chi connectivity index (χ0v) is 11.8. The lowest BCUT2D eigenvalue weighted by atomic mass is 9.90. The predicted molar refractivity (Wildman–Crippen MR) is 85.7 cm³/mol. The van der Waals surface area contributed by atoms with Crippen molar-refractivity contribution in [1.82, 2.24) is 0 Å². The lowest BCUT2D eigenvalue weighted by Crippen LogP contribution is -2.02. The Labute approximate surface area is 120 Å². The monoisotopic (exact) mass is 258 g/mol. The van der Waals surface area contributed by atoms with E-state index in [1.807, 2.05) is 0 Å². The van der Waals surface area contributed by atoms with E-state index in [1.165, 1.54) is 27.8 Å². The number of fused-ring (bicyclic) bond motifs is 2. The van der Waals surface area contributed by atoms with Gasteiger partial charge < -0.3 is 0 Å². The Balaban J connectivity index is 1.68. The molecule has 0 nitrogen and oxygen atoms in total. The molecule has 0 spiro atoms. The van der Waals surface area contributed by atoms with Crippen molar-refractivity contribution in [3.63, 3.8) is 0 Å². The molecule has 0 N–H and O–H groups in total. The van der Waals surface area contributed by atoms with E-state index in [0.29, 0.717) is 5.92 Å². The quantitative estimate of drug-likeness (QED) is 0.711. The SMILES string of the molecule is CC1=CCc2c(CC3C=Cc4ccccc43)cccc21. The molecule has 0 amide bonds. The molecule has 4 rings (SSSR count). The highest BCUT2D eigenvalue weighted by molar-refractivity contribution is 5.73. The standard InChI is InChI=1S/C20H18/c1-14-9-12-20-16(6-4-8-18(14)20)13-17-11-10-15-5-2-3-7-19(15)17/h2-11,17H,12-13H2,1H3.